The molecule has 0 radical (unpaired) electrons. The third kappa shape index (κ3) is 3.56. The van der Waals surface area contributed by atoms with Crippen LogP contribution in [0.5, 0.6) is 0 Å². The van der Waals surface area contributed by atoms with E-state index in [1.54, 1.807) is 0 Å². The van der Waals surface area contributed by atoms with Gasteiger partial charge in [-0.2, -0.15) is 0 Å². The van der Waals surface area contributed by atoms with Crippen LogP contribution in [-0.2, 0) is 13.0 Å². The lowest BCUT2D eigenvalue weighted by Gasteiger charge is -2.45. The molecule has 0 amide bonds. The van der Waals surface area contributed by atoms with Crippen LogP contribution in [0.4, 0.5) is 13.2 Å². The smallest absolute Gasteiger partial charge is 0.161 e. The average Bonchev–Trinajstić information content (AvgIpc) is 2.61. The Morgan fingerprint density at radius 2 is 1.69 bits per heavy atom. The van der Waals surface area contributed by atoms with Crippen molar-refractivity contribution in [1.29, 1.82) is 0 Å². The Hall–Kier alpha value is -2.07. The quantitative estimate of drug-likeness (QED) is 0.523. The summed E-state index contributed by atoms with van der Waals surface area (Å²) in [5.74, 6) is -2.78. The Labute approximate surface area is 152 Å². The summed E-state index contributed by atoms with van der Waals surface area (Å²) in [5, 5.41) is 0. The predicted molar refractivity (Wildman–Crippen MR) is 96.1 cm³/mol. The van der Waals surface area contributed by atoms with Crippen molar-refractivity contribution in [2.24, 2.45) is 0 Å². The highest BCUT2D eigenvalue weighted by atomic mass is 19.2. The molecule has 2 aliphatic heterocycles. The average molecular weight is 357 g/mol. The molecule has 2 bridgehead atoms. The van der Waals surface area contributed by atoms with E-state index in [2.05, 4.69) is 35.2 Å². The van der Waals surface area contributed by atoms with Gasteiger partial charge >= 0.3 is 0 Å². The standard InChI is InChI=1S/C22H22F3N/c23-20-13-22(25)21(24)12-17(20)9-16-10-18-7-4-8-19(11-16)26(18)14-15-5-2-1-3-6-15/h1-3,5-6,10,12-13,18-19H,4,7-9,11,14H2. The minimum absolute atomic E-state index is 0.240. The summed E-state index contributed by atoms with van der Waals surface area (Å²) >= 11 is 0. The van der Waals surface area contributed by atoms with Gasteiger partial charge in [0.05, 0.1) is 0 Å². The zero-order chi connectivity index (χ0) is 18.1. The van der Waals surface area contributed by atoms with Gasteiger partial charge < -0.3 is 0 Å². The number of rotatable bonds is 4. The normalized spacial score (nSPS) is 23.0. The van der Waals surface area contributed by atoms with Crippen LogP contribution in [-0.4, -0.2) is 17.0 Å². The van der Waals surface area contributed by atoms with Crippen LogP contribution >= 0.6 is 0 Å². The largest absolute Gasteiger partial charge is 0.289 e. The number of halogens is 3. The molecule has 1 nitrogen and oxygen atoms in total. The fourth-order valence-electron chi connectivity index (χ4n) is 4.32. The molecule has 4 heteroatoms. The number of fused-ring (bicyclic) bond motifs is 2. The zero-order valence-corrected chi connectivity index (χ0v) is 14.6. The van der Waals surface area contributed by atoms with Crippen LogP contribution in [0.25, 0.3) is 0 Å². The molecule has 0 aromatic heterocycles. The molecule has 0 N–H and O–H groups in total. The summed E-state index contributed by atoms with van der Waals surface area (Å²) in [6, 6.07) is 12.8. The van der Waals surface area contributed by atoms with Crippen molar-refractivity contribution in [3.63, 3.8) is 0 Å². The first-order valence-electron chi connectivity index (χ1n) is 9.23. The summed E-state index contributed by atoms with van der Waals surface area (Å²) in [6.07, 6.45) is 6.86. The summed E-state index contributed by atoms with van der Waals surface area (Å²) in [6.45, 7) is 0.916. The van der Waals surface area contributed by atoms with E-state index in [0.29, 0.717) is 24.6 Å². The molecule has 2 heterocycles. The third-order valence-corrected chi connectivity index (χ3v) is 5.57. The molecule has 1 fully saturated rings. The van der Waals surface area contributed by atoms with Crippen LogP contribution < -0.4 is 0 Å². The Bertz CT molecular complexity index is 816. The Balaban J connectivity index is 1.54. The molecule has 4 rings (SSSR count). The first kappa shape index (κ1) is 17.3. The molecule has 0 spiro atoms. The van der Waals surface area contributed by atoms with Crippen LogP contribution in [0, 0.1) is 17.5 Å². The van der Waals surface area contributed by atoms with Gasteiger partial charge in [0.1, 0.15) is 5.82 Å². The molecule has 0 aliphatic carbocycles. The predicted octanol–water partition coefficient (Wildman–Crippen LogP) is 5.40. The second-order valence-electron chi connectivity index (χ2n) is 7.37. The van der Waals surface area contributed by atoms with Crippen LogP contribution in [0.2, 0.25) is 0 Å². The van der Waals surface area contributed by atoms with Crippen molar-refractivity contribution in [2.45, 2.75) is 50.7 Å². The number of hydrogen-bond acceptors (Lipinski definition) is 1. The van der Waals surface area contributed by atoms with Crippen LogP contribution in [0.3, 0.4) is 0 Å². The molecule has 0 saturated carbocycles. The SMILES string of the molecule is Fc1cc(F)c(CC2=CC3CCCC(C2)N3Cc2ccccc2)cc1F. The minimum atomic E-state index is -1.13. The molecular formula is C22H22F3N. The lowest BCUT2D eigenvalue weighted by Crippen LogP contribution is -2.48. The van der Waals surface area contributed by atoms with E-state index >= 15 is 0 Å². The summed E-state index contributed by atoms with van der Waals surface area (Å²) < 4.78 is 40.6. The van der Waals surface area contributed by atoms with Crippen molar-refractivity contribution < 1.29 is 13.2 Å². The maximum atomic E-state index is 14.0. The van der Waals surface area contributed by atoms with Crippen molar-refractivity contribution in [1.82, 2.24) is 4.90 Å². The van der Waals surface area contributed by atoms with Gasteiger partial charge in [0, 0.05) is 24.7 Å². The second-order valence-corrected chi connectivity index (χ2v) is 7.37. The molecule has 136 valence electrons. The van der Waals surface area contributed by atoms with Crippen molar-refractivity contribution in [3.8, 4) is 0 Å². The number of nitrogens with zero attached hydrogens (tertiary/aromatic N) is 1. The fraction of sp³-hybridized carbons (Fsp3) is 0.364. The van der Waals surface area contributed by atoms with E-state index in [-0.39, 0.29) is 5.56 Å². The van der Waals surface area contributed by atoms with Gasteiger partial charge in [-0.3, -0.25) is 4.90 Å². The topological polar surface area (TPSA) is 3.24 Å². The molecule has 1 saturated heterocycles. The molecule has 26 heavy (non-hydrogen) atoms. The molecule has 2 unspecified atom stereocenters. The second kappa shape index (κ2) is 7.28. The van der Waals surface area contributed by atoms with Crippen molar-refractivity contribution in [3.05, 3.63) is 82.7 Å². The van der Waals surface area contributed by atoms with E-state index in [1.807, 2.05) is 6.07 Å². The van der Waals surface area contributed by atoms with Gasteiger partial charge in [0.15, 0.2) is 11.6 Å². The van der Waals surface area contributed by atoms with Gasteiger partial charge in [-0.1, -0.05) is 48.4 Å². The van der Waals surface area contributed by atoms with Gasteiger partial charge in [-0.15, -0.1) is 0 Å². The van der Waals surface area contributed by atoms with Crippen molar-refractivity contribution in [2.75, 3.05) is 0 Å². The first-order chi connectivity index (χ1) is 12.6. The van der Waals surface area contributed by atoms with Gasteiger partial charge in [-0.25, -0.2) is 13.2 Å². The highest BCUT2D eigenvalue weighted by Crippen LogP contribution is 2.35. The molecule has 2 aromatic rings. The van der Waals surface area contributed by atoms with Gasteiger partial charge in [-0.05, 0) is 42.9 Å². The lowest BCUT2D eigenvalue weighted by atomic mass is 9.83. The number of hydrogen-bond donors (Lipinski definition) is 0. The van der Waals surface area contributed by atoms with E-state index in [1.165, 1.54) is 12.0 Å². The lowest BCUT2D eigenvalue weighted by molar-refractivity contribution is 0.0880. The van der Waals surface area contributed by atoms with Gasteiger partial charge in [0.25, 0.3) is 0 Å². The maximum Gasteiger partial charge on any atom is 0.161 e. The van der Waals surface area contributed by atoms with E-state index < -0.39 is 17.5 Å². The molecule has 2 aliphatic rings. The third-order valence-electron chi connectivity index (χ3n) is 5.57. The maximum absolute atomic E-state index is 14.0. The van der Waals surface area contributed by atoms with Crippen LogP contribution in [0.15, 0.2) is 54.1 Å². The van der Waals surface area contributed by atoms with Crippen LogP contribution in [0.1, 0.15) is 36.8 Å². The Kier molecular flexibility index (Phi) is 4.86. The Morgan fingerprint density at radius 1 is 0.923 bits per heavy atom. The highest BCUT2D eigenvalue weighted by molar-refractivity contribution is 5.28. The van der Waals surface area contributed by atoms with E-state index in [9.17, 15) is 13.2 Å². The molecule has 2 aromatic carbocycles. The summed E-state index contributed by atoms with van der Waals surface area (Å²) in [5.41, 5.74) is 2.67. The molecule has 2 atom stereocenters. The summed E-state index contributed by atoms with van der Waals surface area (Å²) in [7, 11) is 0. The minimum Gasteiger partial charge on any atom is -0.289 e. The zero-order valence-electron chi connectivity index (χ0n) is 14.6. The monoisotopic (exact) mass is 357 g/mol. The number of benzene rings is 2. The van der Waals surface area contributed by atoms with E-state index in [4.69, 9.17) is 0 Å². The Morgan fingerprint density at radius 3 is 2.46 bits per heavy atom. The highest BCUT2D eigenvalue weighted by Gasteiger charge is 2.33. The first-order valence-corrected chi connectivity index (χ1v) is 9.23. The molecular weight excluding hydrogens is 335 g/mol. The number of piperidine rings is 1. The fourth-order valence-corrected chi connectivity index (χ4v) is 4.32. The summed E-state index contributed by atoms with van der Waals surface area (Å²) in [4.78, 5) is 2.53. The van der Waals surface area contributed by atoms with Crippen molar-refractivity contribution >= 4 is 0 Å². The van der Waals surface area contributed by atoms with Gasteiger partial charge in [0.2, 0.25) is 0 Å². The van der Waals surface area contributed by atoms with E-state index in [0.717, 1.165) is 37.4 Å².